The number of ether oxygens (including phenoxy) is 2. The van der Waals surface area contributed by atoms with E-state index >= 15 is 4.79 Å². The van der Waals surface area contributed by atoms with Gasteiger partial charge in [0, 0.05) is 80.4 Å². The Morgan fingerprint density at radius 1 is 1.02 bits per heavy atom. The molecule has 8 rings (SSSR count). The van der Waals surface area contributed by atoms with Crippen LogP contribution in [-0.4, -0.2) is 120 Å². The lowest BCUT2D eigenvalue weighted by Crippen LogP contribution is -2.57. The van der Waals surface area contributed by atoms with Gasteiger partial charge in [0.1, 0.15) is 35.0 Å². The van der Waals surface area contributed by atoms with E-state index in [0.29, 0.717) is 67.1 Å². The second-order valence-corrected chi connectivity index (χ2v) is 19.9. The first-order chi connectivity index (χ1) is 30.1. The van der Waals surface area contributed by atoms with Crippen LogP contribution < -0.4 is 24.4 Å². The fourth-order valence-corrected chi connectivity index (χ4v) is 10.0. The number of pyridine rings is 1. The topological polar surface area (TPSA) is 193 Å². The highest BCUT2D eigenvalue weighted by molar-refractivity contribution is 7.91. The summed E-state index contributed by atoms with van der Waals surface area (Å²) in [5.41, 5.74) is -0.149. The number of methoxy groups -OCH3 is 1. The number of hydrogen-bond donors (Lipinski definition) is 2. The summed E-state index contributed by atoms with van der Waals surface area (Å²) in [7, 11) is -2.35. The maximum absolute atomic E-state index is 15.1. The van der Waals surface area contributed by atoms with Crippen LogP contribution in [0.25, 0.3) is 22.2 Å². The zero-order valence-corrected chi connectivity index (χ0v) is 36.8. The lowest BCUT2D eigenvalue weighted by molar-refractivity contribution is -0.148. The molecule has 4 fully saturated rings. The van der Waals surface area contributed by atoms with Gasteiger partial charge in [-0.3, -0.25) is 28.9 Å². The number of rotatable bonds is 14. The van der Waals surface area contributed by atoms with Gasteiger partial charge >= 0.3 is 0 Å². The number of carbonyl (C=O) groups is 4. The summed E-state index contributed by atoms with van der Waals surface area (Å²) >= 11 is 0. The number of hydrogen-bond acceptors (Lipinski definition) is 12. The van der Waals surface area contributed by atoms with E-state index in [9.17, 15) is 22.8 Å². The van der Waals surface area contributed by atoms with E-state index in [1.54, 1.807) is 36.7 Å². The van der Waals surface area contributed by atoms with Crippen molar-refractivity contribution < 1.29 is 37.1 Å². The monoisotopic (exact) mass is 878 g/mol. The number of nitrogens with zero attached hydrogens (tertiary/aromatic N) is 6. The van der Waals surface area contributed by atoms with E-state index in [-0.39, 0.29) is 31.7 Å². The second-order valence-electron chi connectivity index (χ2n) is 18.0. The highest BCUT2D eigenvalue weighted by Gasteiger charge is 2.62. The van der Waals surface area contributed by atoms with Gasteiger partial charge in [0.2, 0.25) is 27.7 Å². The fraction of sp³-hybridized carbons (Fsp3) is 0.457. The highest BCUT2D eigenvalue weighted by Crippen LogP contribution is 2.46. The minimum atomic E-state index is -3.92. The molecule has 5 atom stereocenters. The molecule has 4 heterocycles. The summed E-state index contributed by atoms with van der Waals surface area (Å²) in [5.74, 6) is -1.59. The summed E-state index contributed by atoms with van der Waals surface area (Å²) in [5, 5.41) is 2.92. The lowest BCUT2D eigenvalue weighted by Gasteiger charge is -2.38. The Balaban J connectivity index is 1.08. The average Bonchev–Trinajstić information content (AvgIpc) is 4.22. The Morgan fingerprint density at radius 2 is 1.76 bits per heavy atom. The average molecular weight is 879 g/mol. The SMILES string of the molecule is C=C[C@@H]1C[C@]1(NC(=O)[C@@H]1C[C@@H](Oc2cc(-c3ccccc3)nc3cc(OC)ccc23)CN1C(=O)C(CC(=O)N1CCN(c2cnccn2)CC1)C(C)(C)C)C(=O)NS(=O)(=O)C1CC1. The number of sulfonamides is 1. The van der Waals surface area contributed by atoms with E-state index in [1.165, 1.54) is 11.0 Å². The number of nitrogens with one attached hydrogen (secondary N) is 2. The predicted molar refractivity (Wildman–Crippen MR) is 236 cm³/mol. The van der Waals surface area contributed by atoms with Crippen molar-refractivity contribution in [1.82, 2.24) is 34.8 Å². The fourth-order valence-electron chi connectivity index (χ4n) is 8.64. The molecule has 2 saturated carbocycles. The Morgan fingerprint density at radius 3 is 2.40 bits per heavy atom. The minimum Gasteiger partial charge on any atom is -0.497 e. The van der Waals surface area contributed by atoms with Gasteiger partial charge in [-0.1, -0.05) is 57.2 Å². The third kappa shape index (κ3) is 9.19. The summed E-state index contributed by atoms with van der Waals surface area (Å²) in [4.78, 5) is 76.3. The van der Waals surface area contributed by atoms with Crippen LogP contribution in [-0.2, 0) is 29.2 Å². The number of anilines is 1. The summed E-state index contributed by atoms with van der Waals surface area (Å²) < 4.78 is 40.3. The molecule has 2 saturated heterocycles. The Labute approximate surface area is 367 Å². The zero-order chi connectivity index (χ0) is 44.7. The molecule has 63 heavy (non-hydrogen) atoms. The third-order valence-corrected chi connectivity index (χ3v) is 14.5. The van der Waals surface area contributed by atoms with E-state index in [0.717, 1.165) is 11.4 Å². The predicted octanol–water partition coefficient (Wildman–Crippen LogP) is 4.12. The number of benzene rings is 2. The first-order valence-electron chi connectivity index (χ1n) is 21.4. The second kappa shape index (κ2) is 17.2. The summed E-state index contributed by atoms with van der Waals surface area (Å²) in [6.07, 6.45) is 6.75. The van der Waals surface area contributed by atoms with Gasteiger partial charge < -0.3 is 29.5 Å². The van der Waals surface area contributed by atoms with Crippen LogP contribution in [0.1, 0.15) is 52.9 Å². The van der Waals surface area contributed by atoms with Crippen molar-refractivity contribution in [3.05, 3.63) is 85.8 Å². The molecule has 1 unspecified atom stereocenters. The Bertz CT molecular complexity index is 2510. The lowest BCUT2D eigenvalue weighted by atomic mass is 9.77. The molecule has 2 aliphatic heterocycles. The summed E-state index contributed by atoms with van der Waals surface area (Å²) in [6, 6.07) is 15.8. The van der Waals surface area contributed by atoms with Crippen LogP contribution in [0.5, 0.6) is 11.5 Å². The molecule has 2 aromatic carbocycles. The molecule has 4 amide bonds. The van der Waals surface area contributed by atoms with Gasteiger partial charge in [-0.15, -0.1) is 6.58 Å². The van der Waals surface area contributed by atoms with Crippen LogP contribution in [0.2, 0.25) is 0 Å². The molecule has 4 aliphatic rings. The van der Waals surface area contributed by atoms with Gasteiger partial charge in [-0.25, -0.2) is 18.4 Å². The summed E-state index contributed by atoms with van der Waals surface area (Å²) in [6.45, 7) is 11.5. The maximum atomic E-state index is 15.1. The number of aromatic nitrogens is 3. The number of carbonyl (C=O) groups excluding carboxylic acids is 4. The van der Waals surface area contributed by atoms with Crippen LogP contribution >= 0.6 is 0 Å². The number of likely N-dealkylation sites (tertiary alicyclic amines) is 1. The molecule has 4 aromatic rings. The zero-order valence-electron chi connectivity index (χ0n) is 36.0. The number of fused-ring (bicyclic) bond motifs is 1. The Hall–Kier alpha value is -6.10. The molecule has 0 spiro atoms. The molecule has 0 bridgehead atoms. The van der Waals surface area contributed by atoms with Crippen molar-refractivity contribution in [2.24, 2.45) is 17.3 Å². The van der Waals surface area contributed by atoms with Crippen molar-refractivity contribution in [2.45, 2.75) is 75.8 Å². The molecule has 2 aliphatic carbocycles. The van der Waals surface area contributed by atoms with Crippen molar-refractivity contribution in [3.63, 3.8) is 0 Å². The molecule has 0 radical (unpaired) electrons. The molecule has 2 N–H and O–H groups in total. The first kappa shape index (κ1) is 43.5. The highest BCUT2D eigenvalue weighted by atomic mass is 32.2. The standard InChI is InChI=1S/C46H54N8O8S/c1-6-30-26-46(30,44(58)51-63(59,60)33-13-14-33)50-42(56)38-23-32(62-39-25-36(29-10-8-7-9-11-29)49-37-22-31(61-5)12-15-34(37)39)28-54(38)43(57)35(45(2,3)4)24-41(55)53-20-18-52(19-21-53)40-27-47-16-17-48-40/h6-12,15-17,22,25,27,30,32-33,35,38H,1,13-14,18-21,23-24,26,28H2,2-5H3,(H,50,56)(H,51,58)/t30-,32-,35?,38+,46-/m1/s1. The third-order valence-electron chi connectivity index (χ3n) is 12.7. The van der Waals surface area contributed by atoms with Crippen molar-refractivity contribution in [1.29, 1.82) is 0 Å². The molecule has 17 heteroatoms. The first-order valence-corrected chi connectivity index (χ1v) is 23.0. The molecule has 332 valence electrons. The van der Waals surface area contributed by atoms with E-state index in [4.69, 9.17) is 14.5 Å². The van der Waals surface area contributed by atoms with Gasteiger partial charge in [0.25, 0.3) is 5.91 Å². The number of amides is 4. The van der Waals surface area contributed by atoms with Crippen LogP contribution in [0.4, 0.5) is 5.82 Å². The van der Waals surface area contributed by atoms with Gasteiger partial charge in [-0.05, 0) is 36.8 Å². The minimum absolute atomic E-state index is 0.00470. The smallest absolute Gasteiger partial charge is 0.259 e. The van der Waals surface area contributed by atoms with Gasteiger partial charge in [0.15, 0.2) is 0 Å². The van der Waals surface area contributed by atoms with Gasteiger partial charge in [0.05, 0.1) is 42.2 Å². The molecule has 2 aromatic heterocycles. The van der Waals surface area contributed by atoms with Crippen molar-refractivity contribution in [2.75, 3.05) is 44.7 Å². The van der Waals surface area contributed by atoms with E-state index in [2.05, 4.69) is 31.5 Å². The molecular formula is C46H54N8O8S. The largest absolute Gasteiger partial charge is 0.497 e. The van der Waals surface area contributed by atoms with Crippen LogP contribution in [0.3, 0.4) is 0 Å². The quantitative estimate of drug-likeness (QED) is 0.173. The van der Waals surface area contributed by atoms with Crippen LogP contribution in [0.15, 0.2) is 85.8 Å². The van der Waals surface area contributed by atoms with E-state index in [1.807, 2.05) is 69.3 Å². The van der Waals surface area contributed by atoms with Crippen molar-refractivity contribution >= 4 is 50.4 Å². The number of piperazine rings is 1. The Kier molecular flexibility index (Phi) is 11.9. The molecular weight excluding hydrogens is 825 g/mol. The van der Waals surface area contributed by atoms with Gasteiger partial charge in [-0.2, -0.15) is 0 Å². The van der Waals surface area contributed by atoms with E-state index < -0.39 is 67.9 Å². The van der Waals surface area contributed by atoms with Crippen LogP contribution in [0, 0.1) is 17.3 Å². The normalized spacial score (nSPS) is 22.9. The van der Waals surface area contributed by atoms with Crippen molar-refractivity contribution in [3.8, 4) is 22.8 Å². The maximum Gasteiger partial charge on any atom is 0.259 e. The molecule has 16 nitrogen and oxygen atoms in total.